The molecule has 0 saturated carbocycles. The van der Waals surface area contributed by atoms with Crippen molar-refractivity contribution in [3.05, 3.63) is 72.4 Å². The third-order valence-corrected chi connectivity index (χ3v) is 4.62. The summed E-state index contributed by atoms with van der Waals surface area (Å²) in [5.74, 6) is -0.339. The van der Waals surface area contributed by atoms with Crippen LogP contribution in [0.5, 0.6) is 5.75 Å². The van der Waals surface area contributed by atoms with Gasteiger partial charge < -0.3 is 9.26 Å². The molecule has 0 fully saturated rings. The Morgan fingerprint density at radius 2 is 1.77 bits per heavy atom. The van der Waals surface area contributed by atoms with E-state index in [9.17, 15) is 8.78 Å². The van der Waals surface area contributed by atoms with Crippen LogP contribution >= 0.6 is 0 Å². The Morgan fingerprint density at radius 1 is 0.968 bits per heavy atom. The van der Waals surface area contributed by atoms with E-state index in [1.54, 1.807) is 18.0 Å². The van der Waals surface area contributed by atoms with Gasteiger partial charge in [-0.1, -0.05) is 11.2 Å². The lowest BCUT2D eigenvalue weighted by molar-refractivity contribution is 0.365. The van der Waals surface area contributed by atoms with Crippen molar-refractivity contribution < 1.29 is 18.0 Å². The van der Waals surface area contributed by atoms with E-state index in [4.69, 9.17) is 9.26 Å². The molecule has 3 heterocycles. The monoisotopic (exact) mass is 420 g/mol. The van der Waals surface area contributed by atoms with Crippen LogP contribution in [0.1, 0.15) is 5.89 Å². The van der Waals surface area contributed by atoms with Crippen molar-refractivity contribution >= 4 is 0 Å². The predicted molar refractivity (Wildman–Crippen MR) is 105 cm³/mol. The molecule has 2 aliphatic rings. The molecule has 0 unspecified atom stereocenters. The van der Waals surface area contributed by atoms with E-state index in [1.165, 1.54) is 18.3 Å². The van der Waals surface area contributed by atoms with Gasteiger partial charge in [0.1, 0.15) is 23.7 Å². The van der Waals surface area contributed by atoms with Crippen molar-refractivity contribution in [3.8, 4) is 39.9 Å². The van der Waals surface area contributed by atoms with Crippen LogP contribution in [0.25, 0.3) is 34.2 Å². The summed E-state index contributed by atoms with van der Waals surface area (Å²) in [6.07, 6.45) is 3.12. The summed E-state index contributed by atoms with van der Waals surface area (Å²) < 4.78 is 39.6. The first-order valence-electron chi connectivity index (χ1n) is 9.22. The average molecular weight is 420 g/mol. The first kappa shape index (κ1) is 18.8. The largest absolute Gasteiger partial charge is 0.497 e. The summed E-state index contributed by atoms with van der Waals surface area (Å²) in [6.45, 7) is 0.204. The van der Waals surface area contributed by atoms with Crippen LogP contribution in [0.15, 0.2) is 59.4 Å². The van der Waals surface area contributed by atoms with Crippen LogP contribution < -0.4 is 4.74 Å². The van der Waals surface area contributed by atoms with Crippen LogP contribution in [0.2, 0.25) is 0 Å². The zero-order valence-electron chi connectivity index (χ0n) is 16.2. The molecular formula is C21H14F2N6O2. The Kier molecular flexibility index (Phi) is 4.58. The van der Waals surface area contributed by atoms with E-state index in [2.05, 4.69) is 25.2 Å². The number of benzene rings is 2. The Morgan fingerprint density at radius 3 is 2.58 bits per heavy atom. The molecule has 0 amide bonds. The third kappa shape index (κ3) is 3.59. The first-order valence-corrected chi connectivity index (χ1v) is 9.22. The Balaban J connectivity index is 1.39. The quantitative estimate of drug-likeness (QED) is 0.427. The van der Waals surface area contributed by atoms with Gasteiger partial charge in [0.25, 0.3) is 0 Å². The minimum atomic E-state index is -0.990. The molecule has 8 nitrogen and oxygen atoms in total. The molecule has 31 heavy (non-hydrogen) atoms. The van der Waals surface area contributed by atoms with Crippen molar-refractivity contribution in [1.82, 2.24) is 29.9 Å². The van der Waals surface area contributed by atoms with Crippen molar-refractivity contribution in [2.24, 2.45) is 0 Å². The molecule has 0 aliphatic carbocycles. The maximum absolute atomic E-state index is 14.1. The van der Waals surface area contributed by atoms with Crippen LogP contribution in [-0.4, -0.2) is 37.0 Å². The van der Waals surface area contributed by atoms with Gasteiger partial charge in [-0.25, -0.2) is 18.7 Å². The lowest BCUT2D eigenvalue weighted by Gasteiger charge is -2.02. The van der Waals surface area contributed by atoms with Crippen LogP contribution in [0, 0.1) is 11.6 Å². The van der Waals surface area contributed by atoms with Gasteiger partial charge in [0.15, 0.2) is 17.5 Å². The fourth-order valence-corrected chi connectivity index (χ4v) is 3.06. The van der Waals surface area contributed by atoms with Crippen LogP contribution in [-0.2, 0) is 6.54 Å². The summed E-state index contributed by atoms with van der Waals surface area (Å²) in [7, 11) is 1.59. The minimum absolute atomic E-state index is 0.0104. The number of imidazole rings is 1. The smallest absolute Gasteiger partial charge is 0.248 e. The maximum atomic E-state index is 14.1. The molecule has 0 spiro atoms. The van der Waals surface area contributed by atoms with E-state index in [0.29, 0.717) is 23.1 Å². The highest BCUT2D eigenvalue weighted by atomic mass is 19.2. The number of ether oxygens (including phenoxy) is 1. The van der Waals surface area contributed by atoms with Gasteiger partial charge >= 0.3 is 0 Å². The summed E-state index contributed by atoms with van der Waals surface area (Å²) in [6, 6.07) is 11.2. The summed E-state index contributed by atoms with van der Waals surface area (Å²) in [5.41, 5.74) is 1.71. The molecule has 10 heteroatoms. The number of hydrogen-bond acceptors (Lipinski definition) is 7. The van der Waals surface area contributed by atoms with Crippen molar-refractivity contribution in [2.45, 2.75) is 6.54 Å². The molecule has 5 rings (SSSR count). The highest BCUT2D eigenvalue weighted by molar-refractivity contribution is 5.65. The fraction of sp³-hybridized carbons (Fsp3) is 0.0952. The molecular weight excluding hydrogens is 406 g/mol. The Hall–Kier alpha value is -4.21. The molecule has 2 aliphatic heterocycles. The SMILES string of the molecule is COc1ccc(-c2noc(Cn3cc4nc(-c5cccc(F)c5F)nc-4cn3)n2)cc1. The minimum Gasteiger partial charge on any atom is -0.497 e. The predicted octanol–water partition coefficient (Wildman–Crippen LogP) is 3.83. The van der Waals surface area contributed by atoms with Crippen molar-refractivity contribution in [3.63, 3.8) is 0 Å². The van der Waals surface area contributed by atoms with Gasteiger partial charge in [-0.15, -0.1) is 0 Å². The highest BCUT2D eigenvalue weighted by Crippen LogP contribution is 2.27. The number of nitrogens with zero attached hydrogens (tertiary/aromatic N) is 6. The molecule has 0 saturated heterocycles. The third-order valence-electron chi connectivity index (χ3n) is 4.62. The molecule has 0 bridgehead atoms. The molecule has 2 aromatic carbocycles. The van der Waals surface area contributed by atoms with Gasteiger partial charge in [-0.2, -0.15) is 10.1 Å². The Labute approximate surface area is 174 Å². The number of methoxy groups -OCH3 is 1. The van der Waals surface area contributed by atoms with Crippen LogP contribution in [0.4, 0.5) is 8.78 Å². The second kappa shape index (κ2) is 7.56. The lowest BCUT2D eigenvalue weighted by Crippen LogP contribution is -2.05. The number of halogens is 2. The van der Waals surface area contributed by atoms with Crippen LogP contribution in [0.3, 0.4) is 0 Å². The summed E-state index contributed by atoms with van der Waals surface area (Å²) in [5, 5.41) is 8.24. The van der Waals surface area contributed by atoms with E-state index in [0.717, 1.165) is 17.4 Å². The van der Waals surface area contributed by atoms with Gasteiger partial charge in [0.2, 0.25) is 11.7 Å². The van der Waals surface area contributed by atoms with E-state index in [1.807, 2.05) is 24.3 Å². The molecule has 0 N–H and O–H groups in total. The molecule has 1 aromatic heterocycles. The first-order chi connectivity index (χ1) is 15.1. The average Bonchev–Trinajstić information content (AvgIpc) is 3.42. The van der Waals surface area contributed by atoms with Gasteiger partial charge in [0, 0.05) is 5.56 Å². The fourth-order valence-electron chi connectivity index (χ4n) is 3.06. The van der Waals surface area contributed by atoms with E-state index in [-0.39, 0.29) is 17.9 Å². The summed E-state index contributed by atoms with van der Waals surface area (Å²) >= 11 is 0. The Bertz CT molecular complexity index is 1330. The number of aromatic nitrogens is 6. The topological polar surface area (TPSA) is 91.8 Å². The van der Waals surface area contributed by atoms with E-state index < -0.39 is 11.6 Å². The molecule has 3 aromatic rings. The zero-order valence-corrected chi connectivity index (χ0v) is 16.2. The standard InChI is InChI=1S/C21H14F2N6O2/c1-30-13-7-5-12(6-8-13)20-27-18(31-28-20)11-29-10-17-16(9-24-29)25-21(26-17)14-3-2-4-15(22)19(14)23/h2-10H,11H2,1H3. The zero-order chi connectivity index (χ0) is 21.4. The van der Waals surface area contributed by atoms with Gasteiger partial charge in [-0.3, -0.25) is 4.68 Å². The second-order valence-corrected chi connectivity index (χ2v) is 6.63. The second-order valence-electron chi connectivity index (χ2n) is 6.63. The van der Waals surface area contributed by atoms with Crippen molar-refractivity contribution in [2.75, 3.05) is 7.11 Å². The molecule has 0 atom stereocenters. The van der Waals surface area contributed by atoms with Crippen molar-refractivity contribution in [1.29, 1.82) is 0 Å². The maximum Gasteiger partial charge on any atom is 0.248 e. The number of rotatable bonds is 5. The normalized spacial score (nSPS) is 11.2. The number of hydrogen-bond donors (Lipinski definition) is 0. The van der Waals surface area contributed by atoms with E-state index >= 15 is 0 Å². The summed E-state index contributed by atoms with van der Waals surface area (Å²) in [4.78, 5) is 12.9. The van der Waals surface area contributed by atoms with Gasteiger partial charge in [-0.05, 0) is 36.4 Å². The van der Waals surface area contributed by atoms with Gasteiger partial charge in [0.05, 0.1) is 25.1 Å². The lowest BCUT2D eigenvalue weighted by atomic mass is 10.2. The molecule has 0 radical (unpaired) electrons. The number of fused-ring (bicyclic) bond motifs is 1. The highest BCUT2D eigenvalue weighted by Gasteiger charge is 2.18. The molecule has 154 valence electrons.